The van der Waals surface area contributed by atoms with Gasteiger partial charge in [0.05, 0.1) is 18.1 Å². The topological polar surface area (TPSA) is 84.2 Å². The van der Waals surface area contributed by atoms with E-state index in [1.54, 1.807) is 30.7 Å². The highest BCUT2D eigenvalue weighted by Gasteiger charge is 2.17. The van der Waals surface area contributed by atoms with Crippen molar-refractivity contribution in [1.29, 1.82) is 0 Å². The van der Waals surface area contributed by atoms with Gasteiger partial charge in [-0.05, 0) is 23.3 Å². The highest BCUT2D eigenvalue weighted by Crippen LogP contribution is 2.29. The van der Waals surface area contributed by atoms with E-state index in [0.717, 1.165) is 11.1 Å². The number of anilines is 1. The van der Waals surface area contributed by atoms with Crippen LogP contribution < -0.4 is 5.32 Å². The van der Waals surface area contributed by atoms with Crippen molar-refractivity contribution in [2.45, 2.75) is 6.04 Å². The number of hydrogen-bond acceptors (Lipinski definition) is 3. The summed E-state index contributed by atoms with van der Waals surface area (Å²) in [6.07, 6.45) is 4.69. The number of carbonyl (C=O) groups is 2. The lowest BCUT2D eigenvalue weighted by Crippen LogP contribution is -2.13. The molecule has 0 fully saturated rings. The van der Waals surface area contributed by atoms with Gasteiger partial charge in [-0.15, -0.1) is 0 Å². The molecular weight excluding hydrogens is 306 g/mol. The van der Waals surface area contributed by atoms with Crippen molar-refractivity contribution >= 4 is 18.1 Å². The van der Waals surface area contributed by atoms with Gasteiger partial charge in [0.15, 0.2) is 6.29 Å². The van der Waals surface area contributed by atoms with Gasteiger partial charge in [0.2, 0.25) is 0 Å². The largest absolute Gasteiger partial charge is 0.465 e. The fraction of sp³-hybridized carbons (Fsp3) is 0.0556. The Labute approximate surface area is 138 Å². The quantitative estimate of drug-likeness (QED) is 0.705. The number of carbonyl (C=O) groups excluding carboxylic acids is 1. The Morgan fingerprint density at radius 1 is 1.17 bits per heavy atom. The van der Waals surface area contributed by atoms with Gasteiger partial charge in [-0.2, -0.15) is 0 Å². The maximum absolute atomic E-state index is 11.4. The summed E-state index contributed by atoms with van der Waals surface area (Å²) in [7, 11) is 0. The normalized spacial score (nSPS) is 11.7. The minimum absolute atomic E-state index is 0.161. The second kappa shape index (κ2) is 6.78. The Hall–Kier alpha value is -3.41. The van der Waals surface area contributed by atoms with Crippen LogP contribution in [0.1, 0.15) is 27.5 Å². The lowest BCUT2D eigenvalue weighted by Gasteiger charge is -2.20. The molecule has 1 heterocycles. The van der Waals surface area contributed by atoms with Crippen molar-refractivity contribution in [3.05, 3.63) is 83.9 Å². The number of aldehydes is 1. The molecule has 0 saturated carbocycles. The summed E-state index contributed by atoms with van der Waals surface area (Å²) in [5.41, 5.74) is 2.44. The first-order valence-corrected chi connectivity index (χ1v) is 7.30. The van der Waals surface area contributed by atoms with Crippen molar-refractivity contribution in [2.75, 3.05) is 5.32 Å². The number of aromatic nitrogens is 2. The molecule has 2 N–H and O–H groups in total. The van der Waals surface area contributed by atoms with E-state index in [9.17, 15) is 9.59 Å². The molecule has 3 aromatic rings. The molecule has 3 rings (SSSR count). The zero-order valence-electron chi connectivity index (χ0n) is 12.7. The zero-order valence-corrected chi connectivity index (χ0v) is 12.7. The Balaban J connectivity index is 2.09. The van der Waals surface area contributed by atoms with Crippen LogP contribution in [0.25, 0.3) is 0 Å². The van der Waals surface area contributed by atoms with Crippen LogP contribution in [0.5, 0.6) is 0 Å². The number of nitrogens with one attached hydrogen (secondary N) is 1. The van der Waals surface area contributed by atoms with Gasteiger partial charge in [-0.3, -0.25) is 10.1 Å². The van der Waals surface area contributed by atoms with Crippen LogP contribution in [0.3, 0.4) is 0 Å². The first-order chi connectivity index (χ1) is 11.7. The first-order valence-electron chi connectivity index (χ1n) is 7.30. The van der Waals surface area contributed by atoms with Crippen molar-refractivity contribution < 1.29 is 14.7 Å². The lowest BCUT2D eigenvalue weighted by molar-refractivity contribution is 0.112. The van der Waals surface area contributed by atoms with E-state index < -0.39 is 6.09 Å². The molecule has 1 aromatic heterocycles. The van der Waals surface area contributed by atoms with Crippen LogP contribution in [-0.4, -0.2) is 27.0 Å². The minimum atomic E-state index is -1.21. The molecule has 120 valence electrons. The summed E-state index contributed by atoms with van der Waals surface area (Å²) in [4.78, 5) is 26.3. The van der Waals surface area contributed by atoms with Crippen LogP contribution in [0.2, 0.25) is 0 Å². The number of hydrogen-bond donors (Lipinski definition) is 2. The van der Waals surface area contributed by atoms with Crippen LogP contribution in [-0.2, 0) is 0 Å². The molecular formula is C18H15N3O3. The minimum Gasteiger partial charge on any atom is -0.465 e. The Morgan fingerprint density at radius 2 is 1.96 bits per heavy atom. The van der Waals surface area contributed by atoms with Gasteiger partial charge in [-0.1, -0.05) is 36.4 Å². The fourth-order valence-electron chi connectivity index (χ4n) is 2.67. The summed E-state index contributed by atoms with van der Waals surface area (Å²) >= 11 is 0. The SMILES string of the molecule is O=Cc1cc(C(c2ccccc2)n2ccnc2)ccc1NC(=O)O. The maximum atomic E-state index is 11.4. The molecule has 0 aliphatic heterocycles. The van der Waals surface area contributed by atoms with Gasteiger partial charge in [0.1, 0.15) is 0 Å². The lowest BCUT2D eigenvalue weighted by atomic mass is 9.96. The van der Waals surface area contributed by atoms with Crippen molar-refractivity contribution in [3.8, 4) is 0 Å². The summed E-state index contributed by atoms with van der Waals surface area (Å²) in [5, 5.41) is 11.1. The van der Waals surface area contributed by atoms with Crippen LogP contribution in [0, 0.1) is 0 Å². The smallest absolute Gasteiger partial charge is 0.409 e. The highest BCUT2D eigenvalue weighted by molar-refractivity contribution is 5.92. The molecule has 0 radical (unpaired) electrons. The number of carboxylic acid groups (broad SMARTS) is 1. The molecule has 0 saturated heterocycles. The van der Waals surface area contributed by atoms with Gasteiger partial charge < -0.3 is 9.67 Å². The Morgan fingerprint density at radius 3 is 2.58 bits per heavy atom. The van der Waals surface area contributed by atoms with E-state index in [0.29, 0.717) is 6.29 Å². The van der Waals surface area contributed by atoms with Crippen LogP contribution >= 0.6 is 0 Å². The summed E-state index contributed by atoms with van der Waals surface area (Å²) in [6, 6.07) is 14.7. The maximum Gasteiger partial charge on any atom is 0.409 e. The number of rotatable bonds is 5. The molecule has 24 heavy (non-hydrogen) atoms. The van der Waals surface area contributed by atoms with Gasteiger partial charge in [-0.25, -0.2) is 9.78 Å². The third kappa shape index (κ3) is 3.17. The van der Waals surface area contributed by atoms with Crippen LogP contribution in [0.4, 0.5) is 10.5 Å². The molecule has 6 heteroatoms. The third-order valence-corrected chi connectivity index (χ3v) is 3.70. The predicted molar refractivity (Wildman–Crippen MR) is 89.4 cm³/mol. The van der Waals surface area contributed by atoms with E-state index in [4.69, 9.17) is 5.11 Å². The zero-order chi connectivity index (χ0) is 16.9. The van der Waals surface area contributed by atoms with Crippen LogP contribution in [0.15, 0.2) is 67.3 Å². The molecule has 1 unspecified atom stereocenters. The number of nitrogens with zero attached hydrogens (tertiary/aromatic N) is 2. The van der Waals surface area contributed by atoms with Crippen molar-refractivity contribution in [1.82, 2.24) is 9.55 Å². The highest BCUT2D eigenvalue weighted by atomic mass is 16.4. The number of benzene rings is 2. The van der Waals surface area contributed by atoms with Gasteiger partial charge in [0.25, 0.3) is 0 Å². The van der Waals surface area contributed by atoms with E-state index >= 15 is 0 Å². The van der Waals surface area contributed by atoms with E-state index in [1.165, 1.54) is 0 Å². The average Bonchev–Trinajstić information content (AvgIpc) is 3.11. The molecule has 0 spiro atoms. The fourth-order valence-corrected chi connectivity index (χ4v) is 2.67. The molecule has 2 aromatic carbocycles. The molecule has 0 aliphatic carbocycles. The van der Waals surface area contributed by atoms with Crippen molar-refractivity contribution in [3.63, 3.8) is 0 Å². The van der Waals surface area contributed by atoms with E-state index in [2.05, 4.69) is 10.3 Å². The molecule has 0 aliphatic rings. The molecule has 1 amide bonds. The monoisotopic (exact) mass is 321 g/mol. The third-order valence-electron chi connectivity index (χ3n) is 3.70. The predicted octanol–water partition coefficient (Wildman–Crippen LogP) is 3.42. The van der Waals surface area contributed by atoms with E-state index in [1.807, 2.05) is 41.1 Å². The Kier molecular flexibility index (Phi) is 4.38. The first kappa shape index (κ1) is 15.5. The van der Waals surface area contributed by atoms with Gasteiger partial charge in [0, 0.05) is 18.0 Å². The number of imidazole rings is 1. The second-order valence-corrected chi connectivity index (χ2v) is 5.22. The van der Waals surface area contributed by atoms with E-state index in [-0.39, 0.29) is 17.3 Å². The number of amides is 1. The summed E-state index contributed by atoms with van der Waals surface area (Å²) < 4.78 is 1.93. The Bertz CT molecular complexity index is 845. The van der Waals surface area contributed by atoms with Crippen molar-refractivity contribution in [2.24, 2.45) is 0 Å². The summed E-state index contributed by atoms with van der Waals surface area (Å²) in [5.74, 6) is 0. The molecule has 0 bridgehead atoms. The standard InChI is InChI=1S/C18H15N3O3/c22-11-15-10-14(6-7-16(15)20-18(23)24)17(21-9-8-19-12-21)13-4-2-1-3-5-13/h1-12,17,20H,(H,23,24). The molecule has 6 nitrogen and oxygen atoms in total. The molecule has 1 atom stereocenters. The van der Waals surface area contributed by atoms with Gasteiger partial charge >= 0.3 is 6.09 Å². The average molecular weight is 321 g/mol. The second-order valence-electron chi connectivity index (χ2n) is 5.22. The summed E-state index contributed by atoms with van der Waals surface area (Å²) in [6.45, 7) is 0.